The normalized spacial score (nSPS) is 20.7. The van der Waals surface area contributed by atoms with Crippen molar-refractivity contribution in [1.82, 2.24) is 4.98 Å². The number of unbranched alkanes of at least 4 members (excludes halogenated alkanes) is 2. The van der Waals surface area contributed by atoms with Gasteiger partial charge in [-0.05, 0) is 42.6 Å². The standard InChI is InChI=1S/C28H43N/c1-5-9-13-22(7-3)19-28(20-23(8-4)14-10-6-2)18-17-25-24-15-11-12-16-26(24)29-27(25)21-28/h11-12,15-18,22-23,29H,5-10,13-14,19-21H2,1-4H3. The molecule has 0 radical (unpaired) electrons. The average Bonchev–Trinajstić information content (AvgIpc) is 3.11. The summed E-state index contributed by atoms with van der Waals surface area (Å²) in [5, 5.41) is 1.39. The van der Waals surface area contributed by atoms with Gasteiger partial charge in [-0.2, -0.15) is 0 Å². The van der Waals surface area contributed by atoms with Gasteiger partial charge in [0.1, 0.15) is 0 Å². The predicted molar refractivity (Wildman–Crippen MR) is 129 cm³/mol. The van der Waals surface area contributed by atoms with E-state index in [9.17, 15) is 0 Å². The van der Waals surface area contributed by atoms with Crippen molar-refractivity contribution in [3.63, 3.8) is 0 Å². The third-order valence-corrected chi connectivity index (χ3v) is 7.44. The minimum Gasteiger partial charge on any atom is -0.358 e. The summed E-state index contributed by atoms with van der Waals surface area (Å²) in [6.45, 7) is 9.47. The number of H-pyrrole nitrogens is 1. The van der Waals surface area contributed by atoms with Gasteiger partial charge in [-0.1, -0.05) is 109 Å². The Labute approximate surface area is 179 Å². The van der Waals surface area contributed by atoms with Crippen LogP contribution in [0.5, 0.6) is 0 Å². The fourth-order valence-electron chi connectivity index (χ4n) is 5.62. The lowest BCUT2D eigenvalue weighted by Gasteiger charge is -2.39. The number of para-hydroxylation sites is 1. The molecule has 1 aliphatic rings. The number of hydrogen-bond acceptors (Lipinski definition) is 0. The number of aromatic amines is 1. The quantitative estimate of drug-likeness (QED) is 0.370. The minimum atomic E-state index is 0.330. The molecular formula is C28H43N. The zero-order chi connectivity index (χ0) is 20.7. The number of hydrogen-bond donors (Lipinski definition) is 1. The van der Waals surface area contributed by atoms with Gasteiger partial charge in [-0.3, -0.25) is 0 Å². The van der Waals surface area contributed by atoms with Crippen molar-refractivity contribution < 1.29 is 0 Å². The molecular weight excluding hydrogens is 350 g/mol. The van der Waals surface area contributed by atoms with Crippen LogP contribution in [0.15, 0.2) is 30.3 Å². The van der Waals surface area contributed by atoms with Crippen molar-refractivity contribution in [2.75, 3.05) is 0 Å². The molecule has 1 N–H and O–H groups in total. The number of allylic oxidation sites excluding steroid dienone is 1. The number of aromatic nitrogens is 1. The van der Waals surface area contributed by atoms with E-state index in [1.807, 2.05) is 0 Å². The average molecular weight is 394 g/mol. The van der Waals surface area contributed by atoms with E-state index in [4.69, 9.17) is 0 Å². The topological polar surface area (TPSA) is 15.8 Å². The Balaban J connectivity index is 1.89. The summed E-state index contributed by atoms with van der Waals surface area (Å²) in [5.41, 5.74) is 4.55. The van der Waals surface area contributed by atoms with Crippen molar-refractivity contribution >= 4 is 17.0 Å². The van der Waals surface area contributed by atoms with Gasteiger partial charge in [0.15, 0.2) is 0 Å². The maximum Gasteiger partial charge on any atom is 0.0462 e. The highest BCUT2D eigenvalue weighted by molar-refractivity contribution is 5.91. The second kappa shape index (κ2) is 10.5. The molecule has 1 heterocycles. The molecule has 0 spiro atoms. The Morgan fingerprint density at radius 1 is 0.897 bits per heavy atom. The van der Waals surface area contributed by atoms with E-state index in [1.165, 1.54) is 92.8 Å². The van der Waals surface area contributed by atoms with Gasteiger partial charge in [0.2, 0.25) is 0 Å². The molecule has 2 aromatic rings. The molecule has 2 atom stereocenters. The summed E-state index contributed by atoms with van der Waals surface area (Å²) < 4.78 is 0. The Hall–Kier alpha value is -1.50. The minimum absolute atomic E-state index is 0.330. The maximum absolute atomic E-state index is 3.79. The van der Waals surface area contributed by atoms with E-state index < -0.39 is 0 Å². The Morgan fingerprint density at radius 2 is 1.52 bits per heavy atom. The lowest BCUT2D eigenvalue weighted by molar-refractivity contribution is 0.195. The maximum atomic E-state index is 3.79. The molecule has 0 bridgehead atoms. The number of benzene rings is 1. The molecule has 0 fully saturated rings. The van der Waals surface area contributed by atoms with E-state index in [2.05, 4.69) is 69.1 Å². The Morgan fingerprint density at radius 3 is 2.10 bits per heavy atom. The summed E-state index contributed by atoms with van der Waals surface area (Å²) in [6.07, 6.45) is 19.8. The van der Waals surface area contributed by atoms with E-state index >= 15 is 0 Å². The molecule has 1 nitrogen and oxygen atoms in total. The lowest BCUT2D eigenvalue weighted by Crippen LogP contribution is -2.30. The van der Waals surface area contributed by atoms with E-state index in [1.54, 1.807) is 0 Å². The first-order chi connectivity index (χ1) is 14.1. The van der Waals surface area contributed by atoms with Crippen LogP contribution in [0.25, 0.3) is 17.0 Å². The first kappa shape index (κ1) is 22.2. The van der Waals surface area contributed by atoms with Crippen LogP contribution in [0.2, 0.25) is 0 Å². The van der Waals surface area contributed by atoms with Gasteiger partial charge in [0.05, 0.1) is 0 Å². The monoisotopic (exact) mass is 393 g/mol. The molecule has 160 valence electrons. The van der Waals surface area contributed by atoms with Crippen LogP contribution in [0.3, 0.4) is 0 Å². The summed E-state index contributed by atoms with van der Waals surface area (Å²) in [5.74, 6) is 1.71. The molecule has 1 aliphatic carbocycles. The smallest absolute Gasteiger partial charge is 0.0462 e. The van der Waals surface area contributed by atoms with Crippen LogP contribution in [0, 0.1) is 17.3 Å². The summed E-state index contributed by atoms with van der Waals surface area (Å²) in [4.78, 5) is 3.79. The van der Waals surface area contributed by atoms with Crippen LogP contribution < -0.4 is 0 Å². The lowest BCUT2D eigenvalue weighted by atomic mass is 9.66. The van der Waals surface area contributed by atoms with Crippen LogP contribution in [0.1, 0.15) is 103 Å². The highest BCUT2D eigenvalue weighted by Crippen LogP contribution is 2.46. The van der Waals surface area contributed by atoms with Crippen LogP contribution in [0.4, 0.5) is 0 Å². The summed E-state index contributed by atoms with van der Waals surface area (Å²) >= 11 is 0. The van der Waals surface area contributed by atoms with Gasteiger partial charge in [0.25, 0.3) is 0 Å². The molecule has 2 unspecified atom stereocenters. The van der Waals surface area contributed by atoms with Gasteiger partial charge in [-0.15, -0.1) is 0 Å². The van der Waals surface area contributed by atoms with E-state index in [0.29, 0.717) is 5.41 Å². The van der Waals surface area contributed by atoms with Crippen LogP contribution in [-0.2, 0) is 6.42 Å². The highest BCUT2D eigenvalue weighted by atomic mass is 14.7. The first-order valence-corrected chi connectivity index (χ1v) is 12.4. The van der Waals surface area contributed by atoms with E-state index in [-0.39, 0.29) is 0 Å². The first-order valence-electron chi connectivity index (χ1n) is 12.4. The van der Waals surface area contributed by atoms with Gasteiger partial charge >= 0.3 is 0 Å². The van der Waals surface area contributed by atoms with Crippen molar-refractivity contribution in [3.8, 4) is 0 Å². The molecule has 29 heavy (non-hydrogen) atoms. The van der Waals surface area contributed by atoms with Crippen molar-refractivity contribution in [2.45, 2.75) is 98.3 Å². The Kier molecular flexibility index (Phi) is 8.04. The third-order valence-electron chi connectivity index (χ3n) is 7.44. The summed E-state index contributed by atoms with van der Waals surface area (Å²) in [7, 11) is 0. The molecule has 0 saturated heterocycles. The fourth-order valence-corrected chi connectivity index (χ4v) is 5.62. The molecule has 0 amide bonds. The highest BCUT2D eigenvalue weighted by Gasteiger charge is 2.36. The molecule has 0 aliphatic heterocycles. The second-order valence-corrected chi connectivity index (χ2v) is 9.68. The zero-order valence-electron chi connectivity index (χ0n) is 19.4. The third kappa shape index (κ3) is 5.36. The van der Waals surface area contributed by atoms with Crippen molar-refractivity contribution in [3.05, 3.63) is 41.6 Å². The van der Waals surface area contributed by atoms with E-state index in [0.717, 1.165) is 11.8 Å². The zero-order valence-corrected chi connectivity index (χ0v) is 19.4. The summed E-state index contributed by atoms with van der Waals surface area (Å²) in [6, 6.07) is 8.82. The van der Waals surface area contributed by atoms with Crippen LogP contribution >= 0.6 is 0 Å². The molecule has 3 rings (SSSR count). The molecule has 1 aromatic carbocycles. The predicted octanol–water partition coefficient (Wildman–Crippen LogP) is 8.94. The van der Waals surface area contributed by atoms with Gasteiger partial charge in [0, 0.05) is 22.2 Å². The van der Waals surface area contributed by atoms with Gasteiger partial charge in [-0.25, -0.2) is 0 Å². The number of fused-ring (bicyclic) bond motifs is 3. The van der Waals surface area contributed by atoms with Crippen molar-refractivity contribution in [2.24, 2.45) is 17.3 Å². The van der Waals surface area contributed by atoms with Crippen LogP contribution in [-0.4, -0.2) is 4.98 Å². The second-order valence-electron chi connectivity index (χ2n) is 9.68. The molecule has 0 saturated carbocycles. The molecule has 1 heteroatoms. The van der Waals surface area contributed by atoms with Gasteiger partial charge < -0.3 is 4.98 Å². The van der Waals surface area contributed by atoms with Crippen molar-refractivity contribution in [1.29, 1.82) is 0 Å². The SMILES string of the molecule is CCCCC(CC)CC1(CC(CC)CCCC)C=Cc2c([nH]c3ccccc23)C1. The Bertz CT molecular complexity index is 763. The molecule has 1 aromatic heterocycles. The number of nitrogens with one attached hydrogen (secondary N) is 1. The largest absolute Gasteiger partial charge is 0.358 e. The fraction of sp³-hybridized carbons (Fsp3) is 0.643. The number of rotatable bonds is 12.